The highest BCUT2D eigenvalue weighted by Gasteiger charge is 2.28. The second-order valence-electron chi connectivity index (χ2n) is 20.0. The number of hydrogen-bond acceptors (Lipinski definition) is 20. The fraction of sp³-hybridized carbons (Fsp3) is 0.615. The Morgan fingerprint density at radius 1 is 0.442 bits per heavy atom. The zero-order valence-electron chi connectivity index (χ0n) is 47.6. The molecule has 0 aromatic heterocycles. The van der Waals surface area contributed by atoms with Crippen molar-refractivity contribution in [1.29, 1.82) is 0 Å². The monoisotopic (exact) mass is 1230 g/mol. The summed E-state index contributed by atoms with van der Waals surface area (Å²) in [6.07, 6.45) is -2.22. The molecule has 34 nitrogen and oxygen atoms in total. The highest BCUT2D eigenvalue weighted by molar-refractivity contribution is 6.01. The van der Waals surface area contributed by atoms with Gasteiger partial charge in [0.25, 0.3) is 11.8 Å². The number of nitrogens with one attached hydrogen (secondary N) is 7. The van der Waals surface area contributed by atoms with Crippen LogP contribution in [-0.4, -0.2) is 274 Å². The third-order valence-electron chi connectivity index (χ3n) is 13.2. The molecule has 0 bridgehead atoms. The molecule has 4 unspecified atom stereocenters. The molecule has 2 rings (SSSR count). The molecular weight excluding hydrogens is 1150 g/mol. The van der Waals surface area contributed by atoms with E-state index in [1.165, 1.54) is 25.3 Å². The van der Waals surface area contributed by atoms with Crippen LogP contribution < -0.4 is 37.2 Å². The van der Waals surface area contributed by atoms with E-state index in [0.29, 0.717) is 0 Å². The van der Waals surface area contributed by atoms with Gasteiger partial charge < -0.3 is 82.8 Å². The molecule has 1 heterocycles. The largest absolute Gasteiger partial charge is 0.481 e. The van der Waals surface area contributed by atoms with Crippen LogP contribution in [0.5, 0.6) is 0 Å². The van der Waals surface area contributed by atoms with Crippen molar-refractivity contribution in [3.8, 4) is 0 Å². The number of rotatable bonds is 39. The van der Waals surface area contributed by atoms with Crippen molar-refractivity contribution in [2.45, 2.75) is 88.8 Å². The number of unbranched alkanes of at least 4 members (excludes halogenated alkanes) is 2. The first-order chi connectivity index (χ1) is 40.6. The molecule has 1 aliphatic rings. The van der Waals surface area contributed by atoms with E-state index in [2.05, 4.69) is 31.9 Å². The number of hydrogen-bond donors (Lipinski definition) is 15. The van der Waals surface area contributed by atoms with Crippen molar-refractivity contribution in [1.82, 2.24) is 51.5 Å². The fourth-order valence-electron chi connectivity index (χ4n) is 8.55. The summed E-state index contributed by atoms with van der Waals surface area (Å²) in [5.41, 5.74) is 0.180. The zero-order valence-corrected chi connectivity index (χ0v) is 47.6. The Hall–Kier alpha value is -8.76. The molecule has 1 saturated heterocycles. The standard InChI is InChI=1S/C52H79N11O23/c1-86-45(74)31-63-22-20-61(29-43(70)71)18-16-60(17-19-62(21-23-63)30-44(72)73)28-40(65)54-15-14-53-35-25-33(46(75)55-12-4-2-6-32(48(77)78)27-39(64)57-37(50(81)82)8-10-41(66)67)24-34(26-35)47(76)56-13-5-3-7-36(49(79)80)58-52(85)59-38(51(83)84)9-11-42(68)69/h24-26,32,36-38,53H,2-23,27-31H2,1H3,(H,54,65)(H,55,75)(H,56,76)(H,57,64)(H,66,67)(H,68,69)(H,70,71)(H,72,73)(H,77,78)(H,79,80)(H,81,82)(H,83,84)(H2,58,59,85). The van der Waals surface area contributed by atoms with E-state index in [4.69, 9.17) is 14.9 Å². The summed E-state index contributed by atoms with van der Waals surface area (Å²) in [6, 6.07) is -1.75. The number of esters is 1. The summed E-state index contributed by atoms with van der Waals surface area (Å²) < 4.78 is 4.80. The van der Waals surface area contributed by atoms with E-state index in [-0.39, 0.29) is 160 Å². The van der Waals surface area contributed by atoms with Gasteiger partial charge in [0, 0.05) is 115 Å². The maximum Gasteiger partial charge on any atom is 0.326 e. The smallest absolute Gasteiger partial charge is 0.326 e. The third kappa shape index (κ3) is 31.8. The molecule has 15 N–H and O–H groups in total. The molecule has 86 heavy (non-hydrogen) atoms. The quantitative estimate of drug-likeness (QED) is 0.0233. The number of methoxy groups -OCH3 is 1. The van der Waals surface area contributed by atoms with Gasteiger partial charge in [-0.15, -0.1) is 0 Å². The topological polar surface area (TPSA) is 507 Å². The van der Waals surface area contributed by atoms with E-state index in [1.54, 1.807) is 19.6 Å². The van der Waals surface area contributed by atoms with Crippen LogP contribution >= 0.6 is 0 Å². The van der Waals surface area contributed by atoms with Crippen LogP contribution in [0, 0.1) is 5.92 Å². The summed E-state index contributed by atoms with van der Waals surface area (Å²) in [5, 5.41) is 92.5. The second-order valence-corrected chi connectivity index (χ2v) is 20.0. The lowest BCUT2D eigenvalue weighted by Gasteiger charge is -2.33. The van der Waals surface area contributed by atoms with Crippen LogP contribution in [0.25, 0.3) is 0 Å². The molecule has 34 heteroatoms. The first-order valence-electron chi connectivity index (χ1n) is 27.5. The first-order valence-corrected chi connectivity index (χ1v) is 27.5. The summed E-state index contributed by atoms with van der Waals surface area (Å²) in [7, 11) is 1.23. The Morgan fingerprint density at radius 2 is 0.860 bits per heavy atom. The van der Waals surface area contributed by atoms with Crippen molar-refractivity contribution < 1.29 is 113 Å². The molecule has 480 valence electrons. The van der Waals surface area contributed by atoms with Gasteiger partial charge in [0.2, 0.25) is 11.8 Å². The maximum absolute atomic E-state index is 13.6. The second kappa shape index (κ2) is 39.7. The number of anilines is 1. The number of carboxylic acid groups (broad SMARTS) is 8. The number of ether oxygens (including phenoxy) is 1. The molecule has 1 fully saturated rings. The number of amides is 6. The molecule has 1 aromatic carbocycles. The predicted octanol–water partition coefficient (Wildman–Crippen LogP) is -2.83. The summed E-state index contributed by atoms with van der Waals surface area (Å²) in [6.45, 7) is 0.892. The van der Waals surface area contributed by atoms with Gasteiger partial charge in [-0.3, -0.25) is 67.5 Å². The van der Waals surface area contributed by atoms with Crippen molar-refractivity contribution in [2.24, 2.45) is 5.92 Å². The van der Waals surface area contributed by atoms with Gasteiger partial charge >= 0.3 is 59.8 Å². The van der Waals surface area contributed by atoms with Crippen LogP contribution in [0.15, 0.2) is 18.2 Å². The van der Waals surface area contributed by atoms with Gasteiger partial charge in [-0.1, -0.05) is 6.42 Å². The van der Waals surface area contributed by atoms with Gasteiger partial charge in [0.1, 0.15) is 18.1 Å². The number of carboxylic acids is 8. The molecule has 6 amide bonds. The van der Waals surface area contributed by atoms with Crippen LogP contribution in [0.1, 0.15) is 91.3 Å². The number of aliphatic carboxylic acids is 8. The van der Waals surface area contributed by atoms with E-state index in [0.717, 1.165) is 0 Å². The van der Waals surface area contributed by atoms with Crippen LogP contribution in [0.3, 0.4) is 0 Å². The average molecular weight is 1230 g/mol. The van der Waals surface area contributed by atoms with Crippen LogP contribution in [0.4, 0.5) is 10.5 Å². The van der Waals surface area contributed by atoms with E-state index in [1.807, 2.05) is 5.32 Å². The van der Waals surface area contributed by atoms with Crippen molar-refractivity contribution >= 4 is 89.1 Å². The Morgan fingerprint density at radius 3 is 1.28 bits per heavy atom. The average Bonchev–Trinajstić information content (AvgIpc) is 3.65. The Balaban J connectivity index is 2.20. The molecule has 0 saturated carbocycles. The number of nitrogens with zero attached hydrogens (tertiary/aromatic N) is 4. The number of carbonyl (C=O) groups excluding carboxylic acids is 6. The Bertz CT molecular complexity index is 2380. The summed E-state index contributed by atoms with van der Waals surface area (Å²) in [4.78, 5) is 177. The molecular formula is C52H79N11O23. The van der Waals surface area contributed by atoms with E-state index < -0.39 is 140 Å². The first kappa shape index (κ1) is 73.3. The van der Waals surface area contributed by atoms with Gasteiger partial charge in [-0.05, 0) is 63.1 Å². The highest BCUT2D eigenvalue weighted by Crippen LogP contribution is 2.18. The van der Waals surface area contributed by atoms with Crippen molar-refractivity contribution in [3.05, 3.63) is 29.3 Å². The minimum absolute atomic E-state index is 0.000485. The minimum Gasteiger partial charge on any atom is -0.481 e. The number of urea groups is 1. The summed E-state index contributed by atoms with van der Waals surface area (Å²) >= 11 is 0. The lowest BCUT2D eigenvalue weighted by Crippen LogP contribution is -2.51. The zero-order chi connectivity index (χ0) is 64.3. The predicted molar refractivity (Wildman–Crippen MR) is 297 cm³/mol. The molecule has 0 radical (unpaired) electrons. The molecule has 4 atom stereocenters. The SMILES string of the molecule is COC(=O)CN1CCN(CC(=O)O)CCN(CC(=O)NCCNc2cc(C(=O)NCCCCC(CC(=O)NC(CCC(=O)O)C(=O)O)C(=O)O)cc(C(=O)NCCCCC(NC(=O)NC(CCC(=O)O)C(=O)O)C(=O)O)c2)CCN(CC(=O)O)CC1. The van der Waals surface area contributed by atoms with Gasteiger partial charge in [-0.25, -0.2) is 19.2 Å². The number of benzene rings is 1. The van der Waals surface area contributed by atoms with Gasteiger partial charge in [0.05, 0.1) is 39.2 Å². The van der Waals surface area contributed by atoms with Crippen LogP contribution in [-0.2, 0) is 57.5 Å². The van der Waals surface area contributed by atoms with Crippen LogP contribution in [0.2, 0.25) is 0 Å². The maximum atomic E-state index is 13.6. The molecule has 0 aliphatic carbocycles. The normalized spacial score (nSPS) is 15.0. The molecule has 1 aromatic rings. The molecule has 1 aliphatic heterocycles. The molecule has 0 spiro atoms. The lowest BCUT2D eigenvalue weighted by atomic mass is 9.97. The van der Waals surface area contributed by atoms with Crippen molar-refractivity contribution in [2.75, 3.05) is 117 Å². The Kier molecular flexibility index (Phi) is 33.9. The fourth-order valence-corrected chi connectivity index (χ4v) is 8.55. The number of carbonyl (C=O) groups is 14. The van der Waals surface area contributed by atoms with E-state index in [9.17, 15) is 97.8 Å². The lowest BCUT2D eigenvalue weighted by molar-refractivity contribution is -0.146. The Labute approximate surface area is 493 Å². The van der Waals surface area contributed by atoms with E-state index >= 15 is 0 Å². The third-order valence-corrected chi connectivity index (χ3v) is 13.2. The highest BCUT2D eigenvalue weighted by atomic mass is 16.5. The summed E-state index contributed by atoms with van der Waals surface area (Å²) in [5.74, 6) is -15.1. The van der Waals surface area contributed by atoms with Crippen molar-refractivity contribution in [3.63, 3.8) is 0 Å². The minimum atomic E-state index is -1.62. The van der Waals surface area contributed by atoms with Gasteiger partial charge in [-0.2, -0.15) is 0 Å². The van der Waals surface area contributed by atoms with Gasteiger partial charge in [0.15, 0.2) is 0 Å².